The maximum absolute atomic E-state index is 13.1. The maximum atomic E-state index is 13.1. The molecular formula is C20H15F6N7S. The van der Waals surface area contributed by atoms with Crippen LogP contribution in [0.5, 0.6) is 0 Å². The fraction of sp³-hybridized carbons (Fsp3) is 0.250. The Hall–Kier alpha value is -3.42. The van der Waals surface area contributed by atoms with Gasteiger partial charge in [0.1, 0.15) is 11.4 Å². The molecule has 0 fully saturated rings. The standard InChI is InChI=1S/C20H15F6N7S/c1-3-34-15-7-13(33-10-12(8-29-33)20(24,25)26)9-28-16(15)18-31-30-17(32(18)2)14-6-11(4-5-27-14)19(21,22)23/h4-10H,3H2,1-2H3. The first kappa shape index (κ1) is 23.7. The van der Waals surface area contributed by atoms with Crippen LogP contribution in [0.2, 0.25) is 0 Å². The van der Waals surface area contributed by atoms with E-state index in [4.69, 9.17) is 0 Å². The van der Waals surface area contributed by atoms with Gasteiger partial charge in [0.05, 0.1) is 29.2 Å². The minimum atomic E-state index is -4.54. The third kappa shape index (κ3) is 4.62. The number of nitrogens with zero attached hydrogens (tertiary/aromatic N) is 7. The number of thioether (sulfide) groups is 1. The molecule has 0 aliphatic carbocycles. The van der Waals surface area contributed by atoms with Gasteiger partial charge in [-0.3, -0.25) is 4.98 Å². The highest BCUT2D eigenvalue weighted by Gasteiger charge is 2.33. The highest BCUT2D eigenvalue weighted by molar-refractivity contribution is 7.99. The van der Waals surface area contributed by atoms with E-state index in [0.29, 0.717) is 22.0 Å². The van der Waals surface area contributed by atoms with Crippen molar-refractivity contribution < 1.29 is 26.3 Å². The minimum Gasteiger partial charge on any atom is -0.307 e. The van der Waals surface area contributed by atoms with Crippen LogP contribution in [0.25, 0.3) is 28.7 Å². The van der Waals surface area contributed by atoms with E-state index < -0.39 is 23.5 Å². The Morgan fingerprint density at radius 3 is 2.26 bits per heavy atom. The van der Waals surface area contributed by atoms with Crippen LogP contribution in [0, 0.1) is 0 Å². The third-order valence-corrected chi connectivity index (χ3v) is 5.63. The average Bonchev–Trinajstić information content (AvgIpc) is 3.41. The second kappa shape index (κ2) is 8.74. The van der Waals surface area contributed by atoms with Gasteiger partial charge in [-0.1, -0.05) is 6.92 Å². The Labute approximate surface area is 192 Å². The average molecular weight is 499 g/mol. The lowest BCUT2D eigenvalue weighted by Gasteiger charge is -2.11. The van der Waals surface area contributed by atoms with Crippen molar-refractivity contribution in [1.82, 2.24) is 34.5 Å². The largest absolute Gasteiger partial charge is 0.419 e. The van der Waals surface area contributed by atoms with Crippen molar-refractivity contribution in [3.8, 4) is 28.7 Å². The molecule has 0 atom stereocenters. The summed E-state index contributed by atoms with van der Waals surface area (Å²) in [7, 11) is 1.56. The van der Waals surface area contributed by atoms with Crippen LogP contribution >= 0.6 is 11.8 Å². The Balaban J connectivity index is 1.74. The molecule has 0 radical (unpaired) electrons. The summed E-state index contributed by atoms with van der Waals surface area (Å²) in [6, 6.07) is 3.35. The molecule has 0 bridgehead atoms. The number of rotatable bonds is 5. The van der Waals surface area contributed by atoms with Crippen molar-refractivity contribution >= 4 is 11.8 Å². The van der Waals surface area contributed by atoms with Crippen molar-refractivity contribution in [3.05, 3.63) is 54.1 Å². The summed E-state index contributed by atoms with van der Waals surface area (Å²) in [4.78, 5) is 8.91. The van der Waals surface area contributed by atoms with Gasteiger partial charge in [-0.2, -0.15) is 31.4 Å². The van der Waals surface area contributed by atoms with Gasteiger partial charge < -0.3 is 4.57 Å². The molecule has 4 aromatic rings. The lowest BCUT2D eigenvalue weighted by Crippen LogP contribution is -2.06. The fourth-order valence-electron chi connectivity index (χ4n) is 3.09. The molecular weight excluding hydrogens is 484 g/mol. The van der Waals surface area contributed by atoms with Gasteiger partial charge in [0, 0.05) is 24.3 Å². The van der Waals surface area contributed by atoms with Gasteiger partial charge in [0.25, 0.3) is 0 Å². The molecule has 4 rings (SSSR count). The van der Waals surface area contributed by atoms with Gasteiger partial charge in [-0.05, 0) is 24.0 Å². The molecule has 0 aromatic carbocycles. The molecule has 0 amide bonds. The highest BCUT2D eigenvalue weighted by Crippen LogP contribution is 2.34. The summed E-state index contributed by atoms with van der Waals surface area (Å²) in [6.45, 7) is 1.88. The lowest BCUT2D eigenvalue weighted by atomic mass is 10.2. The van der Waals surface area contributed by atoms with Crippen molar-refractivity contribution in [2.24, 2.45) is 7.05 Å². The predicted molar refractivity (Wildman–Crippen MR) is 111 cm³/mol. The summed E-state index contributed by atoms with van der Waals surface area (Å²) in [5.41, 5.74) is -1.12. The Bertz CT molecular complexity index is 1330. The third-order valence-electron chi connectivity index (χ3n) is 4.72. The second-order valence-corrected chi connectivity index (χ2v) is 8.28. The van der Waals surface area contributed by atoms with Crippen LogP contribution in [0.3, 0.4) is 0 Å². The number of alkyl halides is 6. The SMILES string of the molecule is CCSc1cc(-n2cc(C(F)(F)F)cn2)cnc1-c1nnc(-c2cc(C(F)(F)F)ccn2)n1C. The van der Waals surface area contributed by atoms with Crippen molar-refractivity contribution in [2.45, 2.75) is 24.2 Å². The summed E-state index contributed by atoms with van der Waals surface area (Å²) < 4.78 is 80.5. The minimum absolute atomic E-state index is 0.0198. The zero-order chi connectivity index (χ0) is 24.7. The van der Waals surface area contributed by atoms with Gasteiger partial charge in [0.2, 0.25) is 0 Å². The number of aromatic nitrogens is 7. The summed E-state index contributed by atoms with van der Waals surface area (Å²) in [6.07, 6.45) is -5.12. The topological polar surface area (TPSA) is 74.3 Å². The van der Waals surface area contributed by atoms with Crippen LogP contribution in [0.15, 0.2) is 47.9 Å². The zero-order valence-electron chi connectivity index (χ0n) is 17.6. The summed E-state index contributed by atoms with van der Waals surface area (Å²) >= 11 is 1.37. The van der Waals surface area contributed by atoms with Crippen LogP contribution in [-0.2, 0) is 19.4 Å². The quantitative estimate of drug-likeness (QED) is 0.275. The lowest BCUT2D eigenvalue weighted by molar-refractivity contribution is -0.138. The molecule has 0 N–H and O–H groups in total. The number of hydrogen-bond donors (Lipinski definition) is 0. The van der Waals surface area contributed by atoms with Crippen molar-refractivity contribution in [1.29, 1.82) is 0 Å². The molecule has 0 saturated carbocycles. The van der Waals surface area contributed by atoms with E-state index in [0.717, 1.165) is 35.4 Å². The van der Waals surface area contributed by atoms with E-state index in [2.05, 4.69) is 25.3 Å². The molecule has 0 unspecified atom stereocenters. The number of halogens is 6. The predicted octanol–water partition coefficient (Wildman–Crippen LogP) is 5.27. The van der Waals surface area contributed by atoms with Gasteiger partial charge in [0.15, 0.2) is 11.6 Å². The number of pyridine rings is 2. The molecule has 0 aliphatic rings. The van der Waals surface area contributed by atoms with Crippen LogP contribution in [0.1, 0.15) is 18.1 Å². The van der Waals surface area contributed by atoms with Crippen LogP contribution < -0.4 is 0 Å². The fourth-order valence-corrected chi connectivity index (χ4v) is 3.89. The molecule has 0 spiro atoms. The first-order chi connectivity index (χ1) is 16.0. The molecule has 34 heavy (non-hydrogen) atoms. The van der Waals surface area contributed by atoms with Crippen LogP contribution in [-0.4, -0.2) is 40.3 Å². The Kier molecular flexibility index (Phi) is 6.10. The molecule has 14 heteroatoms. The molecule has 7 nitrogen and oxygen atoms in total. The first-order valence-electron chi connectivity index (χ1n) is 9.67. The monoisotopic (exact) mass is 499 g/mol. The molecule has 178 valence electrons. The van der Waals surface area contributed by atoms with Gasteiger partial charge in [-0.15, -0.1) is 22.0 Å². The normalized spacial score (nSPS) is 12.4. The maximum Gasteiger partial charge on any atom is 0.419 e. The van der Waals surface area contributed by atoms with E-state index >= 15 is 0 Å². The summed E-state index contributed by atoms with van der Waals surface area (Å²) in [5, 5.41) is 11.8. The molecule has 0 saturated heterocycles. The zero-order valence-corrected chi connectivity index (χ0v) is 18.4. The van der Waals surface area contributed by atoms with E-state index in [9.17, 15) is 26.3 Å². The Morgan fingerprint density at radius 2 is 1.62 bits per heavy atom. The summed E-state index contributed by atoms with van der Waals surface area (Å²) in [5.74, 6) is 0.972. The van der Waals surface area contributed by atoms with Gasteiger partial charge >= 0.3 is 12.4 Å². The molecule has 4 aromatic heterocycles. The molecule has 0 aliphatic heterocycles. The highest BCUT2D eigenvalue weighted by atomic mass is 32.2. The van der Waals surface area contributed by atoms with E-state index in [1.807, 2.05) is 6.92 Å². The van der Waals surface area contributed by atoms with E-state index in [1.54, 1.807) is 13.1 Å². The smallest absolute Gasteiger partial charge is 0.307 e. The first-order valence-corrected chi connectivity index (χ1v) is 10.7. The van der Waals surface area contributed by atoms with E-state index in [-0.39, 0.29) is 17.3 Å². The second-order valence-electron chi connectivity index (χ2n) is 6.98. The molecule has 4 heterocycles. The number of hydrogen-bond acceptors (Lipinski definition) is 6. The van der Waals surface area contributed by atoms with Crippen molar-refractivity contribution in [2.75, 3.05) is 5.75 Å². The Morgan fingerprint density at radius 1 is 0.912 bits per heavy atom. The van der Waals surface area contributed by atoms with Crippen molar-refractivity contribution in [3.63, 3.8) is 0 Å². The van der Waals surface area contributed by atoms with Crippen LogP contribution in [0.4, 0.5) is 26.3 Å². The van der Waals surface area contributed by atoms with Gasteiger partial charge in [-0.25, -0.2) is 9.67 Å². The van der Waals surface area contributed by atoms with E-state index in [1.165, 1.54) is 22.5 Å².